The monoisotopic (exact) mass is 1420 g/mol. The molecule has 0 saturated carbocycles. The number of carbonyl (C=O) groups is 2. The molecule has 0 amide bonds. The van der Waals surface area contributed by atoms with Gasteiger partial charge >= 0.3 is 37.7 Å². The first-order chi connectivity index (χ1) is 48.4. The number of carboxylic acid groups (broad SMARTS) is 2. The molecule has 0 aromatic carbocycles. The molecule has 588 valence electrons. The predicted octanol–water partition coefficient (Wildman–Crippen LogP) is 29.0. The Kier molecular flexibility index (Phi) is 100. The molecule has 0 bridgehead atoms. The van der Waals surface area contributed by atoms with Gasteiger partial charge in [0, 0.05) is 11.9 Å². The fraction of sp³-hybridized carbons (Fsp3) is 0.978. The second kappa shape index (κ2) is 96.1. The molecule has 0 aromatic heterocycles. The number of nitrogens with zero attached hydrogens (tertiary/aromatic N) is 2. The van der Waals surface area contributed by atoms with Crippen molar-refractivity contribution in [2.24, 2.45) is 0 Å². The van der Waals surface area contributed by atoms with Gasteiger partial charge in [-0.05, 0) is 90.6 Å². The first kappa shape index (κ1) is 103. The quantitative estimate of drug-likeness (QED) is 0.0445. The average Bonchev–Trinajstić information content (AvgIpc) is 3.81. The Morgan fingerprint density at radius 2 is 0.253 bits per heavy atom. The van der Waals surface area contributed by atoms with Crippen LogP contribution in [0.25, 0.3) is 0 Å². The van der Waals surface area contributed by atoms with Crippen LogP contribution in [-0.2, 0) is 9.59 Å². The van der Waals surface area contributed by atoms with E-state index in [1.54, 1.807) is 0 Å². The Morgan fingerprint density at radius 3 is 0.354 bits per heavy atom. The second-order valence-corrected chi connectivity index (χ2v) is 32.1. The molecule has 99 heavy (non-hydrogen) atoms. The number of hydrogen-bond donors (Lipinski definition) is 0. The van der Waals surface area contributed by atoms with Gasteiger partial charge in [0.05, 0.1) is 0 Å². The van der Waals surface area contributed by atoms with Crippen LogP contribution in [0.3, 0.4) is 0 Å². The summed E-state index contributed by atoms with van der Waals surface area (Å²) in [6, 6.07) is 0. The zero-order valence-electron chi connectivity index (χ0n) is 69.0. The maximum absolute atomic E-state index is 10.9. The van der Waals surface area contributed by atoms with Crippen molar-refractivity contribution < 1.29 is 19.8 Å². The summed E-state index contributed by atoms with van der Waals surface area (Å²) in [6.07, 6.45) is 110. The number of rotatable bonds is 88. The summed E-state index contributed by atoms with van der Waals surface area (Å²) >= 11 is 0. The molecule has 0 radical (unpaired) electrons. The molecule has 0 rings (SSSR count). The third-order valence-corrected chi connectivity index (χ3v) is 22.0. The maximum atomic E-state index is 10.9. The molecule has 6 nitrogen and oxygen atoms in total. The van der Waals surface area contributed by atoms with E-state index in [0.717, 1.165) is 52.1 Å². The molecule has 0 saturated heterocycles. The number of aliphatic carboxylic acids is 2. The van der Waals surface area contributed by atoms with E-state index >= 15 is 0 Å². The molecule has 0 unspecified atom stereocenters. The fourth-order valence-corrected chi connectivity index (χ4v) is 15.2. The van der Waals surface area contributed by atoms with Crippen molar-refractivity contribution in [2.45, 2.75) is 541 Å². The molecular weight excluding hydrogens is 1240 g/mol. The number of carbonyl (C=O) groups excluding carboxylic acids is 2. The number of carboxylic acids is 2. The van der Waals surface area contributed by atoms with Gasteiger partial charge < -0.3 is 29.6 Å². The standard InChI is InChI=1S/2C46H93NO2.Ca/c2*1-3-5-7-9-11-13-15-17-19-21-23-25-27-29-31-33-35-37-39-43-47(45-41-42-46(48)49)44-40-38-36-34-32-30-28-26-24-22-20-18-16-14-12-10-8-6-4-2;/h2*3-45H2,1-2H3,(H,48,49);/q;;+2/p-2. The molecule has 0 spiro atoms. The Morgan fingerprint density at radius 1 is 0.162 bits per heavy atom. The van der Waals surface area contributed by atoms with Crippen LogP contribution in [0.2, 0.25) is 0 Å². The van der Waals surface area contributed by atoms with Crippen molar-refractivity contribution in [1.82, 2.24) is 9.80 Å². The fourth-order valence-electron chi connectivity index (χ4n) is 15.2. The first-order valence-corrected chi connectivity index (χ1v) is 46.2. The van der Waals surface area contributed by atoms with Crippen LogP contribution in [0.15, 0.2) is 0 Å². The summed E-state index contributed by atoms with van der Waals surface area (Å²) in [5.74, 6) is -1.79. The van der Waals surface area contributed by atoms with Gasteiger partial charge in [0.2, 0.25) is 0 Å². The van der Waals surface area contributed by atoms with E-state index in [1.165, 1.54) is 488 Å². The Bertz CT molecular complexity index is 1240. The summed E-state index contributed by atoms with van der Waals surface area (Å²) in [5, 5.41) is 21.9. The topological polar surface area (TPSA) is 86.7 Å². The van der Waals surface area contributed by atoms with Crippen molar-refractivity contribution in [1.29, 1.82) is 0 Å². The largest absolute Gasteiger partial charge is 2.00 e. The molecule has 0 aromatic rings. The Hall–Kier alpha value is 0.120. The van der Waals surface area contributed by atoms with Crippen LogP contribution in [0.4, 0.5) is 0 Å². The Balaban J connectivity index is -0.00000184. The summed E-state index contributed by atoms with van der Waals surface area (Å²) in [6.45, 7) is 15.6. The van der Waals surface area contributed by atoms with Gasteiger partial charge in [-0.2, -0.15) is 0 Å². The minimum Gasteiger partial charge on any atom is -0.550 e. The van der Waals surface area contributed by atoms with Crippen LogP contribution in [0.5, 0.6) is 0 Å². The van der Waals surface area contributed by atoms with E-state index in [9.17, 15) is 19.8 Å². The van der Waals surface area contributed by atoms with E-state index in [0.29, 0.717) is 0 Å². The Labute approximate surface area is 655 Å². The third kappa shape index (κ3) is 98.1. The zero-order valence-corrected chi connectivity index (χ0v) is 71.3. The van der Waals surface area contributed by atoms with Crippen molar-refractivity contribution in [3.05, 3.63) is 0 Å². The summed E-state index contributed by atoms with van der Waals surface area (Å²) < 4.78 is 0. The number of unbranched alkanes of at least 4 members (excludes halogenated alkanes) is 72. The summed E-state index contributed by atoms with van der Waals surface area (Å²) in [5.41, 5.74) is 0. The first-order valence-electron chi connectivity index (χ1n) is 46.2. The van der Waals surface area contributed by atoms with Gasteiger partial charge in [-0.1, -0.05) is 490 Å². The molecule has 0 fully saturated rings. The molecule has 0 heterocycles. The third-order valence-electron chi connectivity index (χ3n) is 22.0. The molecule has 0 N–H and O–H groups in total. The smallest absolute Gasteiger partial charge is 0.550 e. The van der Waals surface area contributed by atoms with E-state index in [1.807, 2.05) is 0 Å². The minimum atomic E-state index is -0.896. The molecular formula is C92H184CaN2O4. The van der Waals surface area contributed by atoms with Crippen molar-refractivity contribution in [2.75, 3.05) is 39.3 Å². The van der Waals surface area contributed by atoms with Crippen LogP contribution in [0.1, 0.15) is 541 Å². The molecule has 0 atom stereocenters. The maximum Gasteiger partial charge on any atom is 2.00 e. The van der Waals surface area contributed by atoms with Crippen LogP contribution < -0.4 is 10.2 Å². The van der Waals surface area contributed by atoms with Crippen LogP contribution in [0, 0.1) is 0 Å². The van der Waals surface area contributed by atoms with E-state index < -0.39 is 11.9 Å². The molecule has 0 aliphatic rings. The van der Waals surface area contributed by atoms with Crippen molar-refractivity contribution in [3.8, 4) is 0 Å². The molecule has 7 heteroatoms. The SMILES string of the molecule is CCCCCCCCCCCCCCCCCCCCCN(CCCCCCCCCCCCCCCCCCCCC)CCCC(=O)[O-].CCCCCCCCCCCCCCCCCCCCCN(CCCCCCCCCCCCCCCCCCCCC)CCCC(=O)[O-].[Ca+2]. The van der Waals surface area contributed by atoms with Crippen LogP contribution >= 0.6 is 0 Å². The normalized spacial score (nSPS) is 11.5. The van der Waals surface area contributed by atoms with Gasteiger partial charge in [-0.25, -0.2) is 0 Å². The van der Waals surface area contributed by atoms with Gasteiger partial charge in [-0.3, -0.25) is 0 Å². The summed E-state index contributed by atoms with van der Waals surface area (Å²) in [7, 11) is 0. The zero-order chi connectivity index (χ0) is 71.1. The minimum absolute atomic E-state index is 0. The number of hydrogen-bond acceptors (Lipinski definition) is 6. The van der Waals surface area contributed by atoms with Crippen molar-refractivity contribution in [3.63, 3.8) is 0 Å². The van der Waals surface area contributed by atoms with Gasteiger partial charge in [0.15, 0.2) is 0 Å². The van der Waals surface area contributed by atoms with Gasteiger partial charge in [0.1, 0.15) is 0 Å². The summed E-state index contributed by atoms with van der Waals surface area (Å²) in [4.78, 5) is 27.0. The van der Waals surface area contributed by atoms with Crippen LogP contribution in [-0.4, -0.2) is 98.7 Å². The van der Waals surface area contributed by atoms with Crippen molar-refractivity contribution >= 4 is 49.7 Å². The van der Waals surface area contributed by atoms with E-state index in [2.05, 4.69) is 37.5 Å². The van der Waals surface area contributed by atoms with Gasteiger partial charge in [-0.15, -0.1) is 0 Å². The van der Waals surface area contributed by atoms with E-state index in [4.69, 9.17) is 0 Å². The predicted molar refractivity (Wildman–Crippen MR) is 441 cm³/mol. The van der Waals surface area contributed by atoms with E-state index in [-0.39, 0.29) is 50.6 Å². The average molecular weight is 1420 g/mol. The second-order valence-electron chi connectivity index (χ2n) is 32.1. The molecule has 0 aliphatic heterocycles. The molecule has 0 aliphatic carbocycles. The van der Waals surface area contributed by atoms with Gasteiger partial charge in [0.25, 0.3) is 0 Å².